The van der Waals surface area contributed by atoms with Crippen molar-refractivity contribution in [2.24, 2.45) is 0 Å². The molecule has 1 amide bonds. The molecule has 4 aromatic rings. The van der Waals surface area contributed by atoms with Gasteiger partial charge in [-0.1, -0.05) is 41.6 Å². The van der Waals surface area contributed by atoms with Gasteiger partial charge >= 0.3 is 0 Å². The van der Waals surface area contributed by atoms with E-state index in [1.165, 1.54) is 36.4 Å². The molecule has 1 aromatic heterocycles. The molecule has 0 aliphatic heterocycles. The first-order valence-corrected chi connectivity index (χ1v) is 12.6. The first-order valence-electron chi connectivity index (χ1n) is 12.6. The van der Waals surface area contributed by atoms with Gasteiger partial charge in [0.05, 0.1) is 17.7 Å². The molecule has 0 bridgehead atoms. The van der Waals surface area contributed by atoms with Crippen LogP contribution >= 0.6 is 0 Å². The van der Waals surface area contributed by atoms with E-state index in [-0.39, 0.29) is 28.5 Å². The number of hydrogen-bond acceptors (Lipinski definition) is 5. The molecule has 0 saturated heterocycles. The van der Waals surface area contributed by atoms with E-state index in [1.807, 2.05) is 24.3 Å². The number of nitrogens with one attached hydrogen (secondary N) is 1. The maximum atomic E-state index is 13.5. The molecule has 3 aromatic carbocycles. The van der Waals surface area contributed by atoms with E-state index in [0.717, 1.165) is 31.5 Å². The Balaban J connectivity index is 1.74. The predicted octanol–water partition coefficient (Wildman–Crippen LogP) is 4.92. The molecular weight excluding hydrogens is 485 g/mol. The van der Waals surface area contributed by atoms with E-state index in [9.17, 15) is 19.4 Å². The maximum Gasteiger partial charge on any atom is 0.274 e. The predicted molar refractivity (Wildman–Crippen MR) is 143 cm³/mol. The zero-order valence-corrected chi connectivity index (χ0v) is 21.2. The lowest BCUT2D eigenvalue weighted by Gasteiger charge is -2.11. The number of phenolic OH excluding ortho intramolecular Hbond substituents is 2. The Kier molecular flexibility index (Phi) is 8.76. The number of nitrogens with zero attached hydrogens (tertiary/aromatic N) is 1. The zero-order valence-electron chi connectivity index (χ0n) is 21.2. The van der Waals surface area contributed by atoms with Crippen LogP contribution in [0.3, 0.4) is 0 Å². The Bertz CT molecular complexity index is 1380. The van der Waals surface area contributed by atoms with Gasteiger partial charge in [-0.05, 0) is 62.4 Å². The Labute approximate surface area is 221 Å². The first kappa shape index (κ1) is 26.9. The van der Waals surface area contributed by atoms with Crippen molar-refractivity contribution < 1.29 is 29.2 Å². The summed E-state index contributed by atoms with van der Waals surface area (Å²) in [6, 6.07) is 16.1. The van der Waals surface area contributed by atoms with Crippen molar-refractivity contribution >= 4 is 5.91 Å². The molecular formula is C30H31FN3O4+. The summed E-state index contributed by atoms with van der Waals surface area (Å²) in [5, 5.41) is 30.3. The lowest BCUT2D eigenvalue weighted by atomic mass is 9.95. The molecule has 2 radical (unpaired) electrons. The molecule has 4 rings (SSSR count). The minimum atomic E-state index is -0.410. The summed E-state index contributed by atoms with van der Waals surface area (Å²) in [6.07, 6.45) is 2.76. The van der Waals surface area contributed by atoms with E-state index in [1.54, 1.807) is 6.92 Å². The number of halogens is 1. The second-order valence-corrected chi connectivity index (χ2v) is 8.96. The molecule has 5 N–H and O–H groups in total. The lowest BCUT2D eigenvalue weighted by Crippen LogP contribution is -2.82. The van der Waals surface area contributed by atoms with Gasteiger partial charge in [0, 0.05) is 23.7 Å². The van der Waals surface area contributed by atoms with Crippen LogP contribution in [0.5, 0.6) is 11.5 Å². The molecule has 1 heterocycles. The highest BCUT2D eigenvalue weighted by Gasteiger charge is 2.27. The van der Waals surface area contributed by atoms with Gasteiger partial charge in [-0.2, -0.15) is 0 Å². The summed E-state index contributed by atoms with van der Waals surface area (Å²) in [7, 11) is 0. The highest BCUT2D eigenvalue weighted by molar-refractivity contribution is 6.03. The number of aromatic hydroxyl groups is 2. The van der Waals surface area contributed by atoms with Crippen molar-refractivity contribution in [2.45, 2.75) is 32.7 Å². The van der Waals surface area contributed by atoms with Crippen molar-refractivity contribution in [3.63, 3.8) is 0 Å². The summed E-state index contributed by atoms with van der Waals surface area (Å²) < 4.78 is 19.1. The van der Waals surface area contributed by atoms with Crippen LogP contribution < -0.4 is 10.6 Å². The fourth-order valence-electron chi connectivity index (χ4n) is 4.27. The molecule has 0 aliphatic rings. The standard InChI is InChI=1S/C30H30FN3O4/c1-3-5-6-15-32-18-19-7-9-21(10-8-19)27-28(30(37)33-4-2)34-38-29(27)24-16-23(25(35)17-26(24)36)20-11-13-22(31)14-12-20/h1,7-14,16-17,32,35-36H,3-6,15,18H2,2H3,(H,33,37)/p+1. The third-order valence-electron chi connectivity index (χ3n) is 6.24. The monoisotopic (exact) mass is 516 g/mol. The van der Waals surface area contributed by atoms with Gasteiger partial charge in [-0.25, -0.2) is 4.39 Å². The number of benzene rings is 3. The van der Waals surface area contributed by atoms with Crippen molar-refractivity contribution in [2.75, 3.05) is 13.1 Å². The molecule has 196 valence electrons. The molecule has 38 heavy (non-hydrogen) atoms. The average molecular weight is 517 g/mol. The number of phenols is 2. The van der Waals surface area contributed by atoms with Crippen molar-refractivity contribution in [3.05, 3.63) is 84.7 Å². The number of unbranched alkanes of at least 4 members (excludes halogenated alkanes) is 2. The van der Waals surface area contributed by atoms with Gasteiger partial charge in [0.2, 0.25) is 0 Å². The Morgan fingerprint density at radius 1 is 1.00 bits per heavy atom. The van der Waals surface area contributed by atoms with Gasteiger partial charge in [0.25, 0.3) is 5.91 Å². The van der Waals surface area contributed by atoms with Crippen molar-refractivity contribution in [1.82, 2.24) is 10.5 Å². The fourth-order valence-corrected chi connectivity index (χ4v) is 4.27. The number of rotatable bonds is 11. The SMILES string of the molecule is [CH]CCCC[NH2+]Cc1ccc(-c2c(C(=O)NCC)noc2-c2cc(-c3ccc(F)cc3)c(O)cc2O)cc1. The number of aromatic nitrogens is 1. The number of hydrogen-bond donors (Lipinski definition) is 4. The third-order valence-corrected chi connectivity index (χ3v) is 6.24. The van der Waals surface area contributed by atoms with E-state index < -0.39 is 11.7 Å². The summed E-state index contributed by atoms with van der Waals surface area (Å²) in [4.78, 5) is 12.9. The van der Waals surface area contributed by atoms with E-state index in [0.29, 0.717) is 35.2 Å². The normalized spacial score (nSPS) is 11.0. The van der Waals surface area contributed by atoms with Crippen LogP contribution in [0.15, 0.2) is 65.2 Å². The van der Waals surface area contributed by atoms with Gasteiger partial charge in [0.1, 0.15) is 23.9 Å². The van der Waals surface area contributed by atoms with Gasteiger partial charge in [-0.15, -0.1) is 0 Å². The zero-order chi connectivity index (χ0) is 27.1. The lowest BCUT2D eigenvalue weighted by molar-refractivity contribution is -0.670. The molecule has 0 atom stereocenters. The number of nitrogens with two attached hydrogens (primary N) is 1. The van der Waals surface area contributed by atoms with Crippen LogP contribution in [-0.4, -0.2) is 34.4 Å². The van der Waals surface area contributed by atoms with Crippen LogP contribution in [-0.2, 0) is 6.54 Å². The first-order chi connectivity index (χ1) is 18.4. The second-order valence-electron chi connectivity index (χ2n) is 8.96. The topological polar surface area (TPSA) is 112 Å². The smallest absolute Gasteiger partial charge is 0.274 e. The van der Waals surface area contributed by atoms with E-state index >= 15 is 0 Å². The quantitative estimate of drug-likeness (QED) is 0.212. The fraction of sp³-hybridized carbons (Fsp3) is 0.233. The second kappa shape index (κ2) is 12.4. The largest absolute Gasteiger partial charge is 0.507 e. The highest BCUT2D eigenvalue weighted by Crippen LogP contribution is 2.44. The van der Waals surface area contributed by atoms with Crippen molar-refractivity contribution in [3.8, 4) is 45.1 Å². The molecule has 0 aliphatic carbocycles. The van der Waals surface area contributed by atoms with Gasteiger partial charge < -0.3 is 25.4 Å². The van der Waals surface area contributed by atoms with E-state index in [2.05, 4.69) is 15.8 Å². The number of carbonyl (C=O) groups excluding carboxylic acids is 1. The Hall–Kier alpha value is -4.17. The summed E-state index contributed by atoms with van der Waals surface area (Å²) in [5.74, 6) is -1.08. The van der Waals surface area contributed by atoms with Crippen LogP contribution in [0.1, 0.15) is 42.2 Å². The molecule has 0 fully saturated rings. The molecule has 8 heteroatoms. The summed E-state index contributed by atoms with van der Waals surface area (Å²) >= 11 is 0. The van der Waals surface area contributed by atoms with Crippen LogP contribution in [0.4, 0.5) is 4.39 Å². The number of quaternary nitrogens is 1. The third kappa shape index (κ3) is 6.03. The minimum Gasteiger partial charge on any atom is -0.507 e. The number of carbonyl (C=O) groups is 1. The van der Waals surface area contributed by atoms with Gasteiger partial charge in [-0.3, -0.25) is 4.79 Å². The Morgan fingerprint density at radius 2 is 1.68 bits per heavy atom. The highest BCUT2D eigenvalue weighted by atomic mass is 19.1. The van der Waals surface area contributed by atoms with Crippen LogP contribution in [0.2, 0.25) is 0 Å². The number of amides is 1. The molecule has 0 spiro atoms. The molecule has 0 saturated carbocycles. The van der Waals surface area contributed by atoms with Gasteiger partial charge in [0.15, 0.2) is 11.5 Å². The van der Waals surface area contributed by atoms with E-state index in [4.69, 9.17) is 11.4 Å². The average Bonchev–Trinajstić information content (AvgIpc) is 3.35. The van der Waals surface area contributed by atoms with Crippen molar-refractivity contribution in [1.29, 1.82) is 0 Å². The molecule has 0 unspecified atom stereocenters. The maximum absolute atomic E-state index is 13.5. The Morgan fingerprint density at radius 3 is 2.37 bits per heavy atom. The molecule has 7 nitrogen and oxygen atoms in total. The summed E-state index contributed by atoms with van der Waals surface area (Å²) in [6.45, 7) is 9.56. The summed E-state index contributed by atoms with van der Waals surface area (Å²) in [5.41, 5.74) is 3.44. The van der Waals surface area contributed by atoms with Crippen LogP contribution in [0.25, 0.3) is 33.6 Å². The minimum absolute atomic E-state index is 0.0822. The van der Waals surface area contributed by atoms with Crippen LogP contribution in [0, 0.1) is 12.7 Å².